The second kappa shape index (κ2) is 8.56. The molecule has 52 heavy (non-hydrogen) atoms. The summed E-state index contributed by atoms with van der Waals surface area (Å²) >= 11 is 0. The van der Waals surface area contributed by atoms with Gasteiger partial charge in [0.2, 0.25) is 0 Å². The molecule has 0 amide bonds. The fourth-order valence-electron chi connectivity index (χ4n) is 17.9. The van der Waals surface area contributed by atoms with Crippen molar-refractivity contribution in [2.45, 2.75) is 86.4 Å². The molecule has 4 N–H and O–H groups in total. The van der Waals surface area contributed by atoms with Crippen LogP contribution in [0.2, 0.25) is 0 Å². The molecule has 0 saturated heterocycles. The molecule has 4 heteroatoms. The van der Waals surface area contributed by atoms with Crippen LogP contribution in [0, 0.1) is 59.2 Å². The first-order chi connectivity index (χ1) is 25.6. The quantitative estimate of drug-likeness (QED) is 0.150. The molecule has 8 fully saturated rings. The average molecular weight is 681 g/mol. The standard InChI is InChI=1S/C48H48N4/c1-7-33-8-2-25(1)17-27-6-12-37-36(19-27)48(40-24-32-22-30-13-15-45(40,51-37)42(30)44(32)48)50-34-9-3-26(4-10-34)18-28-5-11-35-38(20-28)52-46-16-14-29-21-31-23-39(46)47(35,49-33)43(31)41(29)46/h1-12,19-20,29-32,39-44,49-52H,13-18,21-24H2/t29-,30-,31-,32-,39?,40?,41-,42-,43+,44+,45-,46-,47-,48-/m0/s1. The van der Waals surface area contributed by atoms with E-state index in [0.29, 0.717) is 11.8 Å². The first kappa shape index (κ1) is 27.7. The number of benzene rings is 4. The van der Waals surface area contributed by atoms with Gasteiger partial charge in [-0.2, -0.15) is 0 Å². The molecule has 8 heterocycles. The van der Waals surface area contributed by atoms with Gasteiger partial charge in [-0.25, -0.2) is 0 Å². The van der Waals surface area contributed by atoms with Gasteiger partial charge in [-0.15, -0.1) is 0 Å². The van der Waals surface area contributed by atoms with Gasteiger partial charge in [0, 0.05) is 56.8 Å². The first-order valence-corrected chi connectivity index (χ1v) is 21.1. The summed E-state index contributed by atoms with van der Waals surface area (Å²) in [5, 5.41) is 17.5. The topological polar surface area (TPSA) is 48.1 Å². The van der Waals surface area contributed by atoms with Gasteiger partial charge >= 0.3 is 0 Å². The van der Waals surface area contributed by atoms with Gasteiger partial charge in [0.25, 0.3) is 0 Å². The molecule has 0 radical (unpaired) electrons. The third-order valence-corrected chi connectivity index (χ3v) is 18.8. The van der Waals surface area contributed by atoms with Crippen LogP contribution in [0.25, 0.3) is 0 Å². The lowest BCUT2D eigenvalue weighted by molar-refractivity contribution is 0.218. The van der Waals surface area contributed by atoms with Crippen molar-refractivity contribution >= 4 is 22.7 Å². The Bertz CT molecular complexity index is 2270. The highest BCUT2D eigenvalue weighted by Crippen LogP contribution is 2.81. The summed E-state index contributed by atoms with van der Waals surface area (Å²) in [6.07, 6.45) is 13.2. The molecule has 14 atom stereocenters. The Morgan fingerprint density at radius 2 is 0.942 bits per heavy atom. The van der Waals surface area contributed by atoms with Crippen LogP contribution in [0.4, 0.5) is 22.7 Å². The van der Waals surface area contributed by atoms with Crippen molar-refractivity contribution in [1.82, 2.24) is 0 Å². The molecule has 16 aliphatic rings. The van der Waals surface area contributed by atoms with Crippen LogP contribution in [0.15, 0.2) is 84.9 Å². The fraction of sp³-hybridized carbons (Fsp3) is 0.500. The Labute approximate surface area is 306 Å². The molecule has 260 valence electrons. The molecule has 8 aliphatic carbocycles. The van der Waals surface area contributed by atoms with Crippen molar-refractivity contribution in [3.8, 4) is 0 Å². The zero-order valence-corrected chi connectivity index (χ0v) is 29.9. The highest BCUT2D eigenvalue weighted by Gasteiger charge is 2.82. The lowest BCUT2D eigenvalue weighted by Crippen LogP contribution is -2.54. The molecule has 17 bridgehead atoms. The van der Waals surface area contributed by atoms with Crippen LogP contribution in [0.1, 0.15) is 84.7 Å². The van der Waals surface area contributed by atoms with E-state index in [9.17, 15) is 0 Å². The summed E-state index contributed by atoms with van der Waals surface area (Å²) in [6.45, 7) is 0. The van der Waals surface area contributed by atoms with Gasteiger partial charge in [0.1, 0.15) is 0 Å². The highest BCUT2D eigenvalue weighted by atomic mass is 15.2. The minimum atomic E-state index is 0.0197. The maximum absolute atomic E-state index is 4.42. The molecular formula is C48H48N4. The van der Waals surface area contributed by atoms with Crippen molar-refractivity contribution in [2.75, 3.05) is 21.3 Å². The summed E-state index contributed by atoms with van der Waals surface area (Å²) < 4.78 is 0. The zero-order valence-electron chi connectivity index (χ0n) is 29.9. The summed E-state index contributed by atoms with van der Waals surface area (Å²) in [7, 11) is 0. The van der Waals surface area contributed by atoms with Gasteiger partial charge < -0.3 is 21.3 Å². The largest absolute Gasteiger partial charge is 0.379 e. The fourth-order valence-corrected chi connectivity index (χ4v) is 17.9. The first-order valence-electron chi connectivity index (χ1n) is 21.1. The van der Waals surface area contributed by atoms with Crippen LogP contribution < -0.4 is 21.3 Å². The Morgan fingerprint density at radius 1 is 0.423 bits per heavy atom. The number of anilines is 4. The Hall–Kier alpha value is -3.92. The number of rotatable bonds is 0. The summed E-state index contributed by atoms with van der Waals surface area (Å²) in [6, 6.07) is 34.5. The monoisotopic (exact) mass is 680 g/mol. The SMILES string of the molecule is c1cc2ccc1Cc1ccc3c(c1)N[C@@]14CC[C@H]5C[C@H]6CC1[C@]3(Nc1ccc(cc1)Cc1ccc3c(c1)[C@]1(N2)C2C[C@@H]7C[C@@H]8CC[C@@]2(N3)[C@@H]8[C@@H]71)[C@H]6[C@H]54. The number of hydrogen-bond donors (Lipinski definition) is 4. The molecule has 4 spiro atoms. The third-order valence-electron chi connectivity index (χ3n) is 18.8. The minimum Gasteiger partial charge on any atom is -0.379 e. The van der Waals surface area contributed by atoms with Crippen molar-refractivity contribution < 1.29 is 0 Å². The molecular weight excluding hydrogens is 633 g/mol. The normalized spacial score (nSPS) is 47.0. The molecule has 8 saturated carbocycles. The molecule has 8 aliphatic heterocycles. The Kier molecular flexibility index (Phi) is 4.55. The van der Waals surface area contributed by atoms with Gasteiger partial charge in [-0.1, -0.05) is 48.5 Å². The maximum atomic E-state index is 4.42. The Balaban J connectivity index is 0.902. The van der Waals surface area contributed by atoms with E-state index in [0.717, 1.165) is 60.2 Å². The zero-order chi connectivity index (χ0) is 33.3. The van der Waals surface area contributed by atoms with Gasteiger partial charge in [0.05, 0.1) is 11.1 Å². The lowest BCUT2D eigenvalue weighted by Gasteiger charge is -2.49. The summed E-state index contributed by atoms with van der Waals surface area (Å²) in [4.78, 5) is 0. The van der Waals surface area contributed by atoms with E-state index in [-0.39, 0.29) is 22.2 Å². The van der Waals surface area contributed by atoms with Crippen LogP contribution in [-0.4, -0.2) is 11.1 Å². The smallest absolute Gasteiger partial charge is 0.0730 e. The van der Waals surface area contributed by atoms with E-state index < -0.39 is 0 Å². The molecule has 2 unspecified atom stereocenters. The van der Waals surface area contributed by atoms with E-state index in [2.05, 4.69) is 106 Å². The predicted octanol–water partition coefficient (Wildman–Crippen LogP) is 9.52. The third kappa shape index (κ3) is 2.82. The maximum Gasteiger partial charge on any atom is 0.0730 e. The summed E-state index contributed by atoms with van der Waals surface area (Å²) in [5.41, 5.74) is 14.9. The summed E-state index contributed by atoms with van der Waals surface area (Å²) in [5.74, 6) is 7.92. The molecule has 20 rings (SSSR count). The lowest BCUT2D eigenvalue weighted by atomic mass is 9.70. The second-order valence-electron chi connectivity index (χ2n) is 20.1. The van der Waals surface area contributed by atoms with E-state index >= 15 is 0 Å². The van der Waals surface area contributed by atoms with E-state index in [4.69, 9.17) is 0 Å². The van der Waals surface area contributed by atoms with Crippen molar-refractivity contribution in [3.63, 3.8) is 0 Å². The average Bonchev–Trinajstić information content (AvgIpc) is 3.98. The van der Waals surface area contributed by atoms with E-state index in [1.165, 1.54) is 96.4 Å². The van der Waals surface area contributed by atoms with Crippen molar-refractivity contribution in [2.24, 2.45) is 59.2 Å². The predicted molar refractivity (Wildman–Crippen MR) is 207 cm³/mol. The number of hydrogen-bond acceptors (Lipinski definition) is 4. The highest BCUT2D eigenvalue weighted by molar-refractivity contribution is 5.71. The number of nitrogens with one attached hydrogen (secondary N) is 4. The Morgan fingerprint density at radius 3 is 1.56 bits per heavy atom. The molecule has 4 nitrogen and oxygen atoms in total. The van der Waals surface area contributed by atoms with Gasteiger partial charge in [0.15, 0.2) is 0 Å². The van der Waals surface area contributed by atoms with Crippen LogP contribution in [0.5, 0.6) is 0 Å². The van der Waals surface area contributed by atoms with Crippen molar-refractivity contribution in [3.05, 3.63) is 118 Å². The molecule has 4 aromatic rings. The molecule has 4 aromatic carbocycles. The van der Waals surface area contributed by atoms with Gasteiger partial charge in [-0.05, 0) is 170 Å². The van der Waals surface area contributed by atoms with E-state index in [1.807, 2.05) is 0 Å². The second-order valence-corrected chi connectivity index (χ2v) is 20.1. The van der Waals surface area contributed by atoms with E-state index in [1.54, 1.807) is 11.1 Å². The minimum absolute atomic E-state index is 0.0197. The van der Waals surface area contributed by atoms with Gasteiger partial charge in [-0.3, -0.25) is 0 Å². The molecule has 0 aromatic heterocycles. The van der Waals surface area contributed by atoms with Crippen LogP contribution in [-0.2, 0) is 23.9 Å². The van der Waals surface area contributed by atoms with Crippen LogP contribution >= 0.6 is 0 Å². The van der Waals surface area contributed by atoms with Crippen molar-refractivity contribution in [1.29, 1.82) is 0 Å². The van der Waals surface area contributed by atoms with Crippen LogP contribution in [0.3, 0.4) is 0 Å².